The fourth-order valence-electron chi connectivity index (χ4n) is 2.64. The number of para-hydroxylation sites is 1. The highest BCUT2D eigenvalue weighted by molar-refractivity contribution is 5.91. The zero-order valence-electron chi connectivity index (χ0n) is 13.7. The van der Waals surface area contributed by atoms with Gasteiger partial charge in [0.25, 0.3) is 5.56 Å². The minimum atomic E-state index is -0.593. The van der Waals surface area contributed by atoms with Crippen LogP contribution in [0.3, 0.4) is 0 Å². The number of aliphatic hydroxyl groups excluding tert-OH is 1. The van der Waals surface area contributed by atoms with Crippen LogP contribution >= 0.6 is 0 Å². The molecule has 0 aliphatic heterocycles. The smallest absolute Gasteiger partial charge is 0.257 e. The van der Waals surface area contributed by atoms with Crippen LogP contribution in [0, 0.1) is 5.92 Å². The van der Waals surface area contributed by atoms with Gasteiger partial charge in [-0.25, -0.2) is 0 Å². The number of aromatic nitrogens is 1. The Kier molecular flexibility index (Phi) is 4.76. The molecular weight excluding hydrogens is 282 g/mol. The highest BCUT2D eigenvalue weighted by atomic mass is 16.5. The van der Waals surface area contributed by atoms with Crippen LogP contribution < -0.4 is 15.0 Å². The first-order chi connectivity index (χ1) is 10.4. The summed E-state index contributed by atoms with van der Waals surface area (Å²) < 4.78 is 12.4. The maximum atomic E-state index is 12.7. The molecule has 0 fully saturated rings. The summed E-state index contributed by atoms with van der Waals surface area (Å²) in [6.45, 7) is 3.84. The molecule has 5 heteroatoms. The van der Waals surface area contributed by atoms with E-state index in [1.54, 1.807) is 25.8 Å². The lowest BCUT2D eigenvalue weighted by Gasteiger charge is -2.19. The number of hydrogen-bond acceptors (Lipinski definition) is 4. The van der Waals surface area contributed by atoms with E-state index < -0.39 is 6.10 Å². The number of aryl methyl sites for hydroxylation is 1. The number of nitrogens with zero attached hydrogens (tertiary/aromatic N) is 1. The van der Waals surface area contributed by atoms with E-state index in [4.69, 9.17) is 9.47 Å². The molecule has 22 heavy (non-hydrogen) atoms. The number of benzene rings is 1. The molecule has 120 valence electrons. The lowest BCUT2D eigenvalue weighted by molar-refractivity contribution is 0.124. The second kappa shape index (κ2) is 6.40. The summed E-state index contributed by atoms with van der Waals surface area (Å²) in [6, 6.07) is 5.56. The first-order valence-corrected chi connectivity index (χ1v) is 7.33. The molecule has 1 aromatic heterocycles. The normalized spacial score (nSPS) is 12.7. The third kappa shape index (κ3) is 2.68. The molecule has 1 unspecified atom stereocenters. The van der Waals surface area contributed by atoms with Crippen molar-refractivity contribution in [1.29, 1.82) is 0 Å². The van der Waals surface area contributed by atoms with Crippen LogP contribution in [0.25, 0.3) is 10.9 Å². The van der Waals surface area contributed by atoms with Crippen molar-refractivity contribution in [2.75, 3.05) is 14.2 Å². The zero-order chi connectivity index (χ0) is 16.4. The van der Waals surface area contributed by atoms with Crippen LogP contribution in [0.15, 0.2) is 23.0 Å². The highest BCUT2D eigenvalue weighted by Crippen LogP contribution is 2.33. The molecule has 2 rings (SSSR count). The van der Waals surface area contributed by atoms with Crippen molar-refractivity contribution in [3.63, 3.8) is 0 Å². The van der Waals surface area contributed by atoms with Crippen molar-refractivity contribution < 1.29 is 14.6 Å². The Balaban J connectivity index is 2.78. The van der Waals surface area contributed by atoms with Crippen LogP contribution in [0.4, 0.5) is 0 Å². The van der Waals surface area contributed by atoms with E-state index in [-0.39, 0.29) is 17.9 Å². The average molecular weight is 305 g/mol. The molecule has 1 aromatic carbocycles. The Morgan fingerprint density at radius 3 is 2.45 bits per heavy atom. The van der Waals surface area contributed by atoms with Crippen molar-refractivity contribution in [3.05, 3.63) is 34.1 Å². The molecule has 1 atom stereocenters. The van der Waals surface area contributed by atoms with Gasteiger partial charge in [-0.3, -0.25) is 4.79 Å². The van der Waals surface area contributed by atoms with Gasteiger partial charge in [-0.1, -0.05) is 19.9 Å². The first kappa shape index (κ1) is 16.4. The fraction of sp³-hybridized carbons (Fsp3) is 0.471. The largest absolute Gasteiger partial charge is 0.496 e. The maximum Gasteiger partial charge on any atom is 0.257 e. The molecule has 0 saturated carbocycles. The predicted molar refractivity (Wildman–Crippen MR) is 86.8 cm³/mol. The number of rotatable bonds is 5. The van der Waals surface area contributed by atoms with Crippen molar-refractivity contribution >= 4 is 10.9 Å². The molecule has 0 aliphatic rings. The van der Waals surface area contributed by atoms with E-state index >= 15 is 0 Å². The monoisotopic (exact) mass is 305 g/mol. The number of methoxy groups -OCH3 is 2. The number of hydrogen-bond donors (Lipinski definition) is 1. The van der Waals surface area contributed by atoms with E-state index in [0.717, 1.165) is 5.39 Å². The van der Waals surface area contributed by atoms with Crippen LogP contribution in [0.5, 0.6) is 11.5 Å². The van der Waals surface area contributed by atoms with Gasteiger partial charge in [-0.15, -0.1) is 0 Å². The topological polar surface area (TPSA) is 60.7 Å². The number of fused-ring (bicyclic) bond motifs is 1. The van der Waals surface area contributed by atoms with E-state index in [9.17, 15) is 9.90 Å². The van der Waals surface area contributed by atoms with Gasteiger partial charge in [0.1, 0.15) is 11.5 Å². The third-order valence-electron chi connectivity index (χ3n) is 4.02. The maximum absolute atomic E-state index is 12.7. The molecule has 1 N–H and O–H groups in total. The molecular formula is C17H23NO4. The predicted octanol–water partition coefficient (Wildman–Crippen LogP) is 2.12. The summed E-state index contributed by atoms with van der Waals surface area (Å²) in [5.41, 5.74) is 1.01. The van der Waals surface area contributed by atoms with Gasteiger partial charge >= 0.3 is 0 Å². The lowest BCUT2D eigenvalue weighted by atomic mass is 9.98. The van der Waals surface area contributed by atoms with Crippen molar-refractivity contribution in [1.82, 2.24) is 4.57 Å². The fourth-order valence-corrected chi connectivity index (χ4v) is 2.64. The van der Waals surface area contributed by atoms with Crippen LogP contribution in [0.1, 0.15) is 19.4 Å². The first-order valence-electron chi connectivity index (χ1n) is 7.33. The summed E-state index contributed by atoms with van der Waals surface area (Å²) >= 11 is 0. The van der Waals surface area contributed by atoms with Crippen molar-refractivity contribution in [2.45, 2.75) is 26.4 Å². The van der Waals surface area contributed by atoms with Gasteiger partial charge in [0.05, 0.1) is 31.4 Å². The van der Waals surface area contributed by atoms with Gasteiger partial charge in [0.2, 0.25) is 0 Å². The Bertz CT molecular complexity index is 733. The molecule has 2 aromatic rings. The van der Waals surface area contributed by atoms with Crippen LogP contribution in [-0.4, -0.2) is 30.0 Å². The Morgan fingerprint density at radius 1 is 1.23 bits per heavy atom. The summed E-state index contributed by atoms with van der Waals surface area (Å²) in [5, 5.41) is 11.0. The minimum absolute atomic E-state index is 0.0652. The second-order valence-corrected chi connectivity index (χ2v) is 5.75. The van der Waals surface area contributed by atoms with Gasteiger partial charge in [-0.05, 0) is 18.1 Å². The molecule has 0 saturated heterocycles. The molecule has 0 radical (unpaired) electrons. The quantitative estimate of drug-likeness (QED) is 0.919. The van der Waals surface area contributed by atoms with Gasteiger partial charge in [0, 0.05) is 18.9 Å². The highest BCUT2D eigenvalue weighted by Gasteiger charge is 2.21. The summed E-state index contributed by atoms with van der Waals surface area (Å²) in [5.74, 6) is 1.19. The van der Waals surface area contributed by atoms with E-state index in [2.05, 4.69) is 0 Å². The summed E-state index contributed by atoms with van der Waals surface area (Å²) in [6.07, 6.45) is -0.328. The molecule has 0 amide bonds. The average Bonchev–Trinajstić information content (AvgIpc) is 2.51. The lowest BCUT2D eigenvalue weighted by Crippen LogP contribution is -2.28. The van der Waals surface area contributed by atoms with Crippen molar-refractivity contribution in [3.8, 4) is 11.5 Å². The Labute approximate surface area is 130 Å². The Hall–Kier alpha value is -2.01. The van der Waals surface area contributed by atoms with Gasteiger partial charge < -0.3 is 19.1 Å². The van der Waals surface area contributed by atoms with Gasteiger partial charge in [0.15, 0.2) is 0 Å². The molecule has 0 bridgehead atoms. The van der Waals surface area contributed by atoms with E-state index in [1.165, 1.54) is 0 Å². The molecule has 0 aliphatic carbocycles. The molecule has 0 spiro atoms. The van der Waals surface area contributed by atoms with Gasteiger partial charge in [-0.2, -0.15) is 0 Å². The van der Waals surface area contributed by atoms with E-state index in [0.29, 0.717) is 22.6 Å². The standard InChI is InChI=1S/C17H23NO4/c1-10(2)13(19)9-12-16(22-5)11-7-6-8-14(21-4)15(11)18(3)17(12)20/h6-8,10,13,19H,9H2,1-5H3. The number of aliphatic hydroxyl groups is 1. The number of pyridine rings is 1. The number of ether oxygens (including phenoxy) is 2. The molecule has 5 nitrogen and oxygen atoms in total. The SMILES string of the molecule is COc1c(CC(O)C(C)C)c(=O)n(C)c2c(OC)cccc12. The second-order valence-electron chi connectivity index (χ2n) is 5.75. The summed E-state index contributed by atoms with van der Waals surface area (Å²) in [4.78, 5) is 12.7. The van der Waals surface area contributed by atoms with E-state index in [1.807, 2.05) is 32.0 Å². The minimum Gasteiger partial charge on any atom is -0.496 e. The summed E-state index contributed by atoms with van der Waals surface area (Å²) in [7, 11) is 4.82. The van der Waals surface area contributed by atoms with Crippen LogP contribution in [0.2, 0.25) is 0 Å². The third-order valence-corrected chi connectivity index (χ3v) is 4.02. The molecule has 1 heterocycles. The Morgan fingerprint density at radius 2 is 1.91 bits per heavy atom. The van der Waals surface area contributed by atoms with Crippen LogP contribution in [-0.2, 0) is 13.5 Å². The van der Waals surface area contributed by atoms with Crippen molar-refractivity contribution in [2.24, 2.45) is 13.0 Å². The zero-order valence-corrected chi connectivity index (χ0v) is 13.7.